The van der Waals surface area contributed by atoms with Crippen LogP contribution in [0, 0.1) is 0 Å². The summed E-state index contributed by atoms with van der Waals surface area (Å²) >= 11 is 5.76. The molecule has 0 aliphatic rings. The zero-order valence-corrected chi connectivity index (χ0v) is 9.81. The number of halogens is 1. The lowest BCUT2D eigenvalue weighted by Gasteiger charge is -2.04. The average Bonchev–Trinajstić information content (AvgIpc) is 2.15. The highest BCUT2D eigenvalue weighted by molar-refractivity contribution is 7.91. The first-order valence-corrected chi connectivity index (χ1v) is 6.43. The lowest BCUT2D eigenvalue weighted by Crippen LogP contribution is -2.10. The van der Waals surface area contributed by atoms with Crippen LogP contribution in [0.5, 0.6) is 0 Å². The van der Waals surface area contributed by atoms with E-state index in [0.717, 1.165) is 0 Å². The minimum absolute atomic E-state index is 0.0214. The summed E-state index contributed by atoms with van der Waals surface area (Å²) < 4.78 is 23.4. The van der Waals surface area contributed by atoms with Gasteiger partial charge in [0.05, 0.1) is 15.7 Å². The maximum atomic E-state index is 11.7. The van der Waals surface area contributed by atoms with Crippen molar-refractivity contribution in [2.45, 2.75) is 18.2 Å². The molecule has 0 saturated heterocycles. The van der Waals surface area contributed by atoms with Gasteiger partial charge in [0.1, 0.15) is 5.78 Å². The molecule has 1 rings (SSSR count). The van der Waals surface area contributed by atoms with Crippen LogP contribution < -0.4 is 0 Å². The van der Waals surface area contributed by atoms with E-state index >= 15 is 0 Å². The third-order valence-electron chi connectivity index (χ3n) is 1.89. The highest BCUT2D eigenvalue weighted by Gasteiger charge is 2.17. The predicted octanol–water partition coefficient (Wildman–Crippen LogP) is 2.09. The third kappa shape index (κ3) is 3.32. The molecule has 0 N–H and O–H groups in total. The van der Waals surface area contributed by atoms with Gasteiger partial charge < -0.3 is 0 Å². The van der Waals surface area contributed by atoms with E-state index in [1.165, 1.54) is 19.1 Å². The van der Waals surface area contributed by atoms with Crippen LogP contribution in [0.4, 0.5) is 0 Å². The molecule has 82 valence electrons. The molecule has 0 aromatic heterocycles. The average molecular weight is 247 g/mol. The van der Waals surface area contributed by atoms with Crippen molar-refractivity contribution >= 4 is 27.2 Å². The lowest BCUT2D eigenvalue weighted by atomic mass is 10.4. The summed E-state index contributed by atoms with van der Waals surface area (Å²) in [6.07, 6.45) is 0.0214. The second kappa shape index (κ2) is 4.77. The van der Waals surface area contributed by atoms with Crippen LogP contribution >= 0.6 is 11.6 Å². The fourth-order valence-electron chi connectivity index (χ4n) is 1.09. The number of sulfone groups is 1. The van der Waals surface area contributed by atoms with Gasteiger partial charge >= 0.3 is 0 Å². The van der Waals surface area contributed by atoms with Gasteiger partial charge in [0.15, 0.2) is 9.84 Å². The first kappa shape index (κ1) is 12.2. The SMILES string of the molecule is CC(=O)CCS(=O)(=O)c1ccccc1Cl. The lowest BCUT2D eigenvalue weighted by molar-refractivity contribution is -0.116. The molecule has 0 radical (unpaired) electrons. The summed E-state index contributed by atoms with van der Waals surface area (Å²) in [6, 6.07) is 6.22. The van der Waals surface area contributed by atoms with Gasteiger partial charge in [0, 0.05) is 6.42 Å². The maximum absolute atomic E-state index is 11.7. The molecule has 0 bridgehead atoms. The predicted molar refractivity (Wildman–Crippen MR) is 58.8 cm³/mol. The van der Waals surface area contributed by atoms with Crippen LogP contribution in [-0.2, 0) is 14.6 Å². The standard InChI is InChI=1S/C10H11ClO3S/c1-8(12)6-7-15(13,14)10-5-3-2-4-9(10)11/h2-5H,6-7H2,1H3. The van der Waals surface area contributed by atoms with Gasteiger partial charge in [-0.1, -0.05) is 23.7 Å². The second-order valence-corrected chi connectivity index (χ2v) is 5.69. The van der Waals surface area contributed by atoms with Gasteiger partial charge in [0.25, 0.3) is 0 Å². The molecule has 0 aliphatic carbocycles. The molecule has 0 saturated carbocycles. The molecule has 0 fully saturated rings. The van der Waals surface area contributed by atoms with E-state index in [4.69, 9.17) is 11.6 Å². The Bertz CT molecular complexity index is 465. The van der Waals surface area contributed by atoms with Crippen molar-refractivity contribution in [3.63, 3.8) is 0 Å². The van der Waals surface area contributed by atoms with Crippen LogP contribution in [0.3, 0.4) is 0 Å². The Morgan fingerprint density at radius 2 is 1.93 bits per heavy atom. The number of carbonyl (C=O) groups excluding carboxylic acids is 1. The molecule has 1 aromatic rings. The van der Waals surface area contributed by atoms with Crippen molar-refractivity contribution in [2.24, 2.45) is 0 Å². The van der Waals surface area contributed by atoms with Crippen LogP contribution in [0.2, 0.25) is 5.02 Å². The summed E-state index contributed by atoms with van der Waals surface area (Å²) in [6.45, 7) is 1.36. The van der Waals surface area contributed by atoms with Crippen molar-refractivity contribution in [1.82, 2.24) is 0 Å². The Labute approximate surface area is 94.0 Å². The number of hydrogen-bond acceptors (Lipinski definition) is 3. The molecule has 1 aromatic carbocycles. The molecule has 0 spiro atoms. The van der Waals surface area contributed by atoms with Crippen LogP contribution in [0.1, 0.15) is 13.3 Å². The van der Waals surface area contributed by atoms with Crippen LogP contribution in [-0.4, -0.2) is 20.0 Å². The smallest absolute Gasteiger partial charge is 0.180 e. The summed E-state index contributed by atoms with van der Waals surface area (Å²) in [5.74, 6) is -0.336. The topological polar surface area (TPSA) is 51.2 Å². The molecule has 0 atom stereocenters. The van der Waals surface area contributed by atoms with Crippen molar-refractivity contribution in [2.75, 3.05) is 5.75 Å². The van der Waals surface area contributed by atoms with Crippen molar-refractivity contribution in [3.8, 4) is 0 Å². The first-order chi connectivity index (χ1) is 6.93. The summed E-state index contributed by atoms with van der Waals surface area (Å²) in [7, 11) is -3.44. The summed E-state index contributed by atoms with van der Waals surface area (Å²) in [5.41, 5.74) is 0. The number of carbonyl (C=O) groups is 1. The fraction of sp³-hybridized carbons (Fsp3) is 0.300. The van der Waals surface area contributed by atoms with Gasteiger partial charge in [-0.05, 0) is 19.1 Å². The number of hydrogen-bond donors (Lipinski definition) is 0. The van der Waals surface area contributed by atoms with Crippen molar-refractivity contribution in [3.05, 3.63) is 29.3 Å². The van der Waals surface area contributed by atoms with Gasteiger partial charge in [-0.3, -0.25) is 4.79 Å². The molecule has 0 amide bonds. The molecule has 0 aliphatic heterocycles. The van der Waals surface area contributed by atoms with Gasteiger partial charge in [-0.15, -0.1) is 0 Å². The molecular weight excluding hydrogens is 236 g/mol. The van der Waals surface area contributed by atoms with Gasteiger partial charge in [-0.25, -0.2) is 8.42 Å². The monoisotopic (exact) mass is 246 g/mol. The van der Waals surface area contributed by atoms with E-state index in [1.807, 2.05) is 0 Å². The third-order valence-corrected chi connectivity index (χ3v) is 4.10. The number of Topliss-reactive ketones (excluding diaryl/α,β-unsaturated/α-hetero) is 1. The minimum Gasteiger partial charge on any atom is -0.300 e. The van der Waals surface area contributed by atoms with Crippen molar-refractivity contribution in [1.29, 1.82) is 0 Å². The zero-order chi connectivity index (χ0) is 11.5. The number of rotatable bonds is 4. The van der Waals surface area contributed by atoms with E-state index < -0.39 is 9.84 Å². The van der Waals surface area contributed by atoms with E-state index in [2.05, 4.69) is 0 Å². The molecular formula is C10H11ClO3S. The minimum atomic E-state index is -3.44. The van der Waals surface area contributed by atoms with Crippen molar-refractivity contribution < 1.29 is 13.2 Å². The van der Waals surface area contributed by atoms with Crippen LogP contribution in [0.15, 0.2) is 29.2 Å². The molecule has 5 heteroatoms. The highest BCUT2D eigenvalue weighted by Crippen LogP contribution is 2.22. The maximum Gasteiger partial charge on any atom is 0.180 e. The van der Waals surface area contributed by atoms with E-state index in [-0.39, 0.29) is 27.9 Å². The van der Waals surface area contributed by atoms with Gasteiger partial charge in [0.2, 0.25) is 0 Å². The Morgan fingerprint density at radius 1 is 1.33 bits per heavy atom. The van der Waals surface area contributed by atoms with Crippen LogP contribution in [0.25, 0.3) is 0 Å². The van der Waals surface area contributed by atoms with Gasteiger partial charge in [-0.2, -0.15) is 0 Å². The molecule has 0 heterocycles. The highest BCUT2D eigenvalue weighted by atomic mass is 35.5. The Kier molecular flexibility index (Phi) is 3.88. The first-order valence-electron chi connectivity index (χ1n) is 4.40. The Hall–Kier alpha value is -0.870. The number of benzene rings is 1. The normalized spacial score (nSPS) is 11.3. The largest absolute Gasteiger partial charge is 0.300 e. The molecule has 0 unspecified atom stereocenters. The van der Waals surface area contributed by atoms with E-state index in [0.29, 0.717) is 0 Å². The Morgan fingerprint density at radius 3 is 2.47 bits per heavy atom. The quantitative estimate of drug-likeness (QED) is 0.818. The summed E-state index contributed by atoms with van der Waals surface area (Å²) in [5, 5.41) is 0.195. The number of ketones is 1. The second-order valence-electron chi connectivity index (χ2n) is 3.20. The summed E-state index contributed by atoms with van der Waals surface area (Å²) in [4.78, 5) is 10.8. The fourth-order valence-corrected chi connectivity index (χ4v) is 3.00. The zero-order valence-electron chi connectivity index (χ0n) is 8.23. The molecule has 15 heavy (non-hydrogen) atoms. The van der Waals surface area contributed by atoms with E-state index in [1.54, 1.807) is 12.1 Å². The van der Waals surface area contributed by atoms with E-state index in [9.17, 15) is 13.2 Å². The Balaban J connectivity index is 2.97. The molecule has 3 nitrogen and oxygen atoms in total.